The summed E-state index contributed by atoms with van der Waals surface area (Å²) in [5.41, 5.74) is -0.954. The molecule has 0 atom stereocenters. The van der Waals surface area contributed by atoms with E-state index in [0.29, 0.717) is 14.7 Å². The second-order valence-electron chi connectivity index (χ2n) is 6.44. The number of hydrogen-bond acceptors (Lipinski definition) is 8. The molecule has 2 aromatic carbocycles. The number of nitrogens with one attached hydrogen (secondary N) is 2. The Balaban J connectivity index is 1.73. The van der Waals surface area contributed by atoms with Crippen molar-refractivity contribution in [1.29, 1.82) is 0 Å². The largest absolute Gasteiger partial charge is 0.333 e. The molecule has 0 saturated carbocycles. The van der Waals surface area contributed by atoms with Gasteiger partial charge < -0.3 is 5.32 Å². The monoisotopic (exact) mass is 497 g/mol. The van der Waals surface area contributed by atoms with Gasteiger partial charge in [-0.1, -0.05) is 29.2 Å². The molecule has 0 unspecified atom stereocenters. The van der Waals surface area contributed by atoms with E-state index in [2.05, 4.69) is 20.3 Å². The van der Waals surface area contributed by atoms with Crippen LogP contribution in [0.25, 0.3) is 10.3 Å². The number of fused-ring (bicyclic) bond motifs is 1. The van der Waals surface area contributed by atoms with Crippen molar-refractivity contribution >= 4 is 60.7 Å². The number of hydrogen-bond donors (Lipinski definition) is 2. The number of nitrogens with zero attached hydrogens (tertiary/aromatic N) is 3. The Morgan fingerprint density at radius 1 is 1.06 bits per heavy atom. The number of benzene rings is 2. The Bertz CT molecular complexity index is 1440. The molecule has 0 aliphatic carbocycles. The number of sulfonamides is 1. The third-order valence-electron chi connectivity index (χ3n) is 4.44. The Morgan fingerprint density at radius 3 is 2.59 bits per heavy atom. The molecule has 2 aromatic heterocycles. The molecule has 32 heavy (non-hydrogen) atoms. The summed E-state index contributed by atoms with van der Waals surface area (Å²) < 4.78 is 71.6. The minimum Gasteiger partial charge on any atom is -0.333 e. The predicted octanol–water partition coefficient (Wildman–Crippen LogP) is 5.08. The van der Waals surface area contributed by atoms with E-state index in [4.69, 9.17) is 0 Å². The number of anilines is 3. The van der Waals surface area contributed by atoms with E-state index in [1.54, 1.807) is 0 Å². The average molecular weight is 498 g/mol. The number of thiazole rings is 1. The van der Waals surface area contributed by atoms with Gasteiger partial charge in [-0.15, -0.1) is 0 Å². The van der Waals surface area contributed by atoms with Gasteiger partial charge >= 0.3 is 0 Å². The van der Waals surface area contributed by atoms with Crippen molar-refractivity contribution in [1.82, 2.24) is 15.0 Å². The van der Waals surface area contributed by atoms with Crippen LogP contribution in [0.5, 0.6) is 0 Å². The molecule has 0 spiro atoms. The van der Waals surface area contributed by atoms with Crippen molar-refractivity contribution in [2.45, 2.75) is 16.2 Å². The first-order valence-electron chi connectivity index (χ1n) is 8.89. The van der Waals surface area contributed by atoms with Crippen molar-refractivity contribution in [3.8, 4) is 0 Å². The second-order valence-corrected chi connectivity index (χ2v) is 10.1. The first kappa shape index (κ1) is 22.3. The van der Waals surface area contributed by atoms with Crippen LogP contribution in [-0.2, 0) is 10.0 Å². The van der Waals surface area contributed by atoms with Crippen LogP contribution in [0.15, 0.2) is 45.9 Å². The van der Waals surface area contributed by atoms with Crippen molar-refractivity contribution in [2.75, 3.05) is 16.3 Å². The summed E-state index contributed by atoms with van der Waals surface area (Å²) in [6, 6.07) is 5.35. The fourth-order valence-corrected chi connectivity index (χ4v) is 5.57. The molecule has 2 N–H and O–H groups in total. The van der Waals surface area contributed by atoms with Crippen LogP contribution in [0.1, 0.15) is 5.56 Å². The van der Waals surface area contributed by atoms with Crippen LogP contribution in [0.2, 0.25) is 0 Å². The first-order chi connectivity index (χ1) is 15.2. The van der Waals surface area contributed by atoms with E-state index in [9.17, 15) is 17.2 Å². The van der Waals surface area contributed by atoms with Crippen LogP contribution >= 0.6 is 23.1 Å². The lowest BCUT2D eigenvalue weighted by Gasteiger charge is -2.14. The number of aromatic nitrogens is 3. The van der Waals surface area contributed by atoms with Crippen molar-refractivity contribution < 1.29 is 21.6 Å². The second kappa shape index (κ2) is 8.56. The fraction of sp³-hybridized carbons (Fsp3) is 0.105. The Hall–Kier alpha value is -2.90. The third kappa shape index (κ3) is 4.10. The molecular formula is C19H14F3N5O2S3. The van der Waals surface area contributed by atoms with Gasteiger partial charge in [-0.2, -0.15) is 0 Å². The minimum atomic E-state index is -4.35. The van der Waals surface area contributed by atoms with Gasteiger partial charge in [0, 0.05) is 5.56 Å². The van der Waals surface area contributed by atoms with Crippen LogP contribution in [0.3, 0.4) is 0 Å². The van der Waals surface area contributed by atoms with Crippen molar-refractivity contribution in [3.05, 3.63) is 59.7 Å². The zero-order valence-corrected chi connectivity index (χ0v) is 18.9. The van der Waals surface area contributed by atoms with E-state index < -0.39 is 38.8 Å². The zero-order chi connectivity index (χ0) is 23.0. The standard InChI is InChI=1S/C19H14F3N5O2S3/c1-9-10(20)4-3-5-13(9)32(28,29)27-12-7-6-11(21)15(14(12)22)25-17-16-18(24-8-23-17)31-19(26-16)30-2/h3-8,27H,1-2H3,(H,23,24,25). The molecule has 4 aromatic rings. The molecule has 0 aliphatic rings. The normalized spacial score (nSPS) is 11.7. The molecule has 0 amide bonds. The molecule has 4 rings (SSSR count). The van der Waals surface area contributed by atoms with E-state index in [1.807, 2.05) is 11.0 Å². The summed E-state index contributed by atoms with van der Waals surface area (Å²) in [6.07, 6.45) is 3.05. The highest BCUT2D eigenvalue weighted by molar-refractivity contribution is 8.00. The summed E-state index contributed by atoms with van der Waals surface area (Å²) in [6.45, 7) is 1.29. The van der Waals surface area contributed by atoms with E-state index in [-0.39, 0.29) is 16.3 Å². The quantitative estimate of drug-likeness (QED) is 0.359. The summed E-state index contributed by atoms with van der Waals surface area (Å²) in [5.74, 6) is -2.84. The highest BCUT2D eigenvalue weighted by Crippen LogP contribution is 2.34. The lowest BCUT2D eigenvalue weighted by Crippen LogP contribution is -2.16. The maximum Gasteiger partial charge on any atom is 0.262 e. The Labute approximate surface area is 189 Å². The molecule has 0 fully saturated rings. The maximum atomic E-state index is 15.1. The first-order valence-corrected chi connectivity index (χ1v) is 12.4. The highest BCUT2D eigenvalue weighted by atomic mass is 32.2. The summed E-state index contributed by atoms with van der Waals surface area (Å²) >= 11 is 2.68. The maximum absolute atomic E-state index is 15.1. The molecule has 0 bridgehead atoms. The van der Waals surface area contributed by atoms with E-state index in [0.717, 1.165) is 18.2 Å². The van der Waals surface area contributed by atoms with Crippen LogP contribution in [-0.4, -0.2) is 29.6 Å². The van der Waals surface area contributed by atoms with Gasteiger partial charge in [0.1, 0.15) is 34.0 Å². The van der Waals surface area contributed by atoms with E-state index >= 15 is 4.39 Å². The molecule has 0 aliphatic heterocycles. The van der Waals surface area contributed by atoms with Gasteiger partial charge in [0.25, 0.3) is 10.0 Å². The van der Waals surface area contributed by atoms with Gasteiger partial charge in [-0.3, -0.25) is 4.72 Å². The van der Waals surface area contributed by atoms with Crippen molar-refractivity contribution in [2.24, 2.45) is 0 Å². The summed E-state index contributed by atoms with van der Waals surface area (Å²) in [5, 5.41) is 2.55. The van der Waals surface area contributed by atoms with Crippen LogP contribution < -0.4 is 10.0 Å². The molecule has 2 heterocycles. The SMILES string of the molecule is CSc1nc2c(Nc3c(F)ccc(NS(=O)(=O)c4cccc(F)c4C)c3F)ncnc2s1. The molecule has 13 heteroatoms. The number of thioether (sulfide) groups is 1. The minimum absolute atomic E-state index is 0.0605. The Kier molecular flexibility index (Phi) is 5.97. The molecule has 0 saturated heterocycles. The molecule has 166 valence electrons. The number of halogens is 3. The highest BCUT2D eigenvalue weighted by Gasteiger charge is 2.23. The van der Waals surface area contributed by atoms with Gasteiger partial charge in [0.05, 0.1) is 10.6 Å². The zero-order valence-electron chi connectivity index (χ0n) is 16.5. The van der Waals surface area contributed by atoms with Crippen LogP contribution in [0.4, 0.5) is 30.4 Å². The third-order valence-corrected chi connectivity index (χ3v) is 7.90. The van der Waals surface area contributed by atoms with Gasteiger partial charge in [0.2, 0.25) is 0 Å². The molecule has 7 nitrogen and oxygen atoms in total. The van der Waals surface area contributed by atoms with Gasteiger partial charge in [-0.25, -0.2) is 36.5 Å². The topological polar surface area (TPSA) is 96.9 Å². The van der Waals surface area contributed by atoms with Gasteiger partial charge in [-0.05, 0) is 37.4 Å². The van der Waals surface area contributed by atoms with E-state index in [1.165, 1.54) is 48.5 Å². The van der Waals surface area contributed by atoms with Gasteiger partial charge in [0.15, 0.2) is 16.0 Å². The summed E-state index contributed by atoms with van der Waals surface area (Å²) in [7, 11) is -4.35. The fourth-order valence-electron chi connectivity index (χ4n) is 2.86. The average Bonchev–Trinajstić information content (AvgIpc) is 3.19. The van der Waals surface area contributed by atoms with Crippen molar-refractivity contribution in [3.63, 3.8) is 0 Å². The lowest BCUT2D eigenvalue weighted by molar-refractivity contribution is 0.585. The Morgan fingerprint density at radius 2 is 1.84 bits per heavy atom. The number of rotatable bonds is 6. The lowest BCUT2D eigenvalue weighted by atomic mass is 10.2. The summed E-state index contributed by atoms with van der Waals surface area (Å²) in [4.78, 5) is 12.6. The smallest absolute Gasteiger partial charge is 0.262 e. The molecular weight excluding hydrogens is 483 g/mol. The van der Waals surface area contributed by atoms with Crippen LogP contribution in [0, 0.1) is 24.4 Å². The predicted molar refractivity (Wildman–Crippen MR) is 119 cm³/mol. The molecule has 0 radical (unpaired) electrons.